The van der Waals surface area contributed by atoms with Crippen molar-refractivity contribution < 1.29 is 0 Å². The molecule has 64 valence electrons. The summed E-state index contributed by atoms with van der Waals surface area (Å²) >= 11 is 0. The molecule has 0 amide bonds. The maximum Gasteiger partial charge on any atom is 0.0524 e. The zero-order valence-corrected chi connectivity index (χ0v) is 7.12. The Morgan fingerprint density at radius 2 is 2.45 bits per heavy atom. The van der Waals surface area contributed by atoms with Gasteiger partial charge in [-0.3, -0.25) is 5.01 Å². The molecule has 0 bridgehead atoms. The summed E-state index contributed by atoms with van der Waals surface area (Å²) in [4.78, 5) is 10.2. The van der Waals surface area contributed by atoms with Crippen molar-refractivity contribution in [3.05, 3.63) is 4.91 Å². The first-order valence-corrected chi connectivity index (χ1v) is 4.45. The van der Waals surface area contributed by atoms with E-state index in [1.165, 1.54) is 19.3 Å². The van der Waals surface area contributed by atoms with Gasteiger partial charge in [-0.25, -0.2) is 0 Å². The zero-order chi connectivity index (χ0) is 8.10. The summed E-state index contributed by atoms with van der Waals surface area (Å²) in [5.41, 5.74) is 0. The third-order valence-corrected chi connectivity index (χ3v) is 2.31. The molecule has 1 fully saturated rings. The Labute approximate surface area is 67.7 Å². The van der Waals surface area contributed by atoms with Crippen LogP contribution in [0.25, 0.3) is 0 Å². The van der Waals surface area contributed by atoms with E-state index in [9.17, 15) is 4.91 Å². The number of nitroso groups, excluding NO2 is 1. The van der Waals surface area contributed by atoms with Gasteiger partial charge in [0.2, 0.25) is 0 Å². The van der Waals surface area contributed by atoms with Crippen LogP contribution in [0.4, 0.5) is 0 Å². The summed E-state index contributed by atoms with van der Waals surface area (Å²) < 4.78 is 0. The largest absolute Gasteiger partial charge is 0.261 e. The average Bonchev–Trinajstić information content (AvgIpc) is 2.06. The van der Waals surface area contributed by atoms with E-state index in [2.05, 4.69) is 12.2 Å². The smallest absolute Gasteiger partial charge is 0.0524 e. The SMILES string of the molecule is CCCC1CCCN(N=O)C1. The second-order valence-electron chi connectivity index (χ2n) is 3.29. The molecule has 11 heavy (non-hydrogen) atoms. The fraction of sp³-hybridized carbons (Fsp3) is 1.00. The van der Waals surface area contributed by atoms with E-state index >= 15 is 0 Å². The zero-order valence-electron chi connectivity index (χ0n) is 7.12. The summed E-state index contributed by atoms with van der Waals surface area (Å²) in [6, 6.07) is 0. The van der Waals surface area contributed by atoms with Gasteiger partial charge in [-0.05, 0) is 25.2 Å². The molecular formula is C8H16N2O. The van der Waals surface area contributed by atoms with Crippen LogP contribution >= 0.6 is 0 Å². The van der Waals surface area contributed by atoms with Crippen LogP contribution in [0, 0.1) is 10.8 Å². The molecule has 0 radical (unpaired) electrons. The summed E-state index contributed by atoms with van der Waals surface area (Å²) in [6.07, 6.45) is 4.87. The molecule has 1 heterocycles. The second-order valence-corrected chi connectivity index (χ2v) is 3.29. The highest BCUT2D eigenvalue weighted by Crippen LogP contribution is 2.20. The monoisotopic (exact) mass is 156 g/mol. The van der Waals surface area contributed by atoms with Crippen molar-refractivity contribution >= 4 is 0 Å². The van der Waals surface area contributed by atoms with Crippen LogP contribution in [0.15, 0.2) is 5.29 Å². The molecule has 1 saturated heterocycles. The molecule has 1 unspecified atom stereocenters. The minimum Gasteiger partial charge on any atom is -0.261 e. The van der Waals surface area contributed by atoms with Gasteiger partial charge >= 0.3 is 0 Å². The van der Waals surface area contributed by atoms with Crippen LogP contribution in [-0.4, -0.2) is 18.1 Å². The minimum atomic E-state index is 0.714. The van der Waals surface area contributed by atoms with Gasteiger partial charge in [-0.1, -0.05) is 13.3 Å². The van der Waals surface area contributed by atoms with Crippen LogP contribution < -0.4 is 0 Å². The highest BCUT2D eigenvalue weighted by molar-refractivity contribution is 4.69. The average molecular weight is 156 g/mol. The van der Waals surface area contributed by atoms with E-state index in [-0.39, 0.29) is 0 Å². The molecule has 0 aromatic carbocycles. The van der Waals surface area contributed by atoms with Crippen LogP contribution in [0.3, 0.4) is 0 Å². The van der Waals surface area contributed by atoms with E-state index in [0.29, 0.717) is 5.92 Å². The van der Waals surface area contributed by atoms with Gasteiger partial charge in [0.25, 0.3) is 0 Å². The van der Waals surface area contributed by atoms with E-state index in [1.54, 1.807) is 5.01 Å². The van der Waals surface area contributed by atoms with Gasteiger partial charge in [0, 0.05) is 13.1 Å². The minimum absolute atomic E-state index is 0.714. The molecule has 3 nitrogen and oxygen atoms in total. The van der Waals surface area contributed by atoms with Crippen LogP contribution in [0.2, 0.25) is 0 Å². The summed E-state index contributed by atoms with van der Waals surface area (Å²) in [6.45, 7) is 3.94. The van der Waals surface area contributed by atoms with Crippen molar-refractivity contribution in [3.8, 4) is 0 Å². The summed E-state index contributed by atoms with van der Waals surface area (Å²) in [5.74, 6) is 0.714. The molecule has 0 aromatic rings. The Balaban J connectivity index is 2.27. The molecule has 1 rings (SSSR count). The van der Waals surface area contributed by atoms with Crippen molar-refractivity contribution in [1.82, 2.24) is 5.01 Å². The molecular weight excluding hydrogens is 140 g/mol. The van der Waals surface area contributed by atoms with Gasteiger partial charge in [0.15, 0.2) is 0 Å². The summed E-state index contributed by atoms with van der Waals surface area (Å²) in [7, 11) is 0. The number of hydrogen-bond donors (Lipinski definition) is 0. The molecule has 0 N–H and O–H groups in total. The third-order valence-electron chi connectivity index (χ3n) is 2.31. The third kappa shape index (κ3) is 2.48. The lowest BCUT2D eigenvalue weighted by Crippen LogP contribution is -2.30. The molecule has 0 saturated carbocycles. The molecule has 1 aliphatic heterocycles. The molecule has 1 aliphatic rings. The van der Waals surface area contributed by atoms with Crippen molar-refractivity contribution in [1.29, 1.82) is 0 Å². The predicted octanol–water partition coefficient (Wildman–Crippen LogP) is 2.18. The standard InChI is InChI=1S/C8H16N2O/c1-2-4-8-5-3-6-10(7-8)9-11/h8H,2-7H2,1H3. The number of rotatable bonds is 3. The quantitative estimate of drug-likeness (QED) is 0.587. The summed E-state index contributed by atoms with van der Waals surface area (Å²) in [5, 5.41) is 4.62. The maximum absolute atomic E-state index is 10.2. The number of piperidine rings is 1. The molecule has 0 aromatic heterocycles. The van der Waals surface area contributed by atoms with Crippen LogP contribution in [-0.2, 0) is 0 Å². The van der Waals surface area contributed by atoms with E-state index in [1.807, 2.05) is 0 Å². The van der Waals surface area contributed by atoms with Gasteiger partial charge in [0.1, 0.15) is 0 Å². The van der Waals surface area contributed by atoms with Crippen molar-refractivity contribution in [2.75, 3.05) is 13.1 Å². The highest BCUT2D eigenvalue weighted by atomic mass is 16.3. The first kappa shape index (κ1) is 8.50. The topological polar surface area (TPSA) is 32.7 Å². The first-order chi connectivity index (χ1) is 5.36. The molecule has 1 atom stereocenters. The van der Waals surface area contributed by atoms with Gasteiger partial charge in [-0.15, -0.1) is 4.91 Å². The van der Waals surface area contributed by atoms with Crippen molar-refractivity contribution in [2.24, 2.45) is 11.2 Å². The van der Waals surface area contributed by atoms with E-state index < -0.39 is 0 Å². The second kappa shape index (κ2) is 4.31. The maximum atomic E-state index is 10.2. The Hall–Kier alpha value is -0.600. The number of nitrogens with zero attached hydrogens (tertiary/aromatic N) is 2. The highest BCUT2D eigenvalue weighted by Gasteiger charge is 2.18. The normalized spacial score (nSPS) is 25.2. The van der Waals surface area contributed by atoms with Gasteiger partial charge in [-0.2, -0.15) is 0 Å². The Bertz CT molecular complexity index is 125. The predicted molar refractivity (Wildman–Crippen MR) is 45.0 cm³/mol. The Morgan fingerprint density at radius 3 is 3.09 bits per heavy atom. The lowest BCUT2D eigenvalue weighted by atomic mass is 9.95. The molecule has 0 spiro atoms. The van der Waals surface area contributed by atoms with E-state index in [0.717, 1.165) is 19.5 Å². The molecule has 3 heteroatoms. The Kier molecular flexibility index (Phi) is 3.33. The van der Waals surface area contributed by atoms with Gasteiger partial charge < -0.3 is 0 Å². The van der Waals surface area contributed by atoms with Crippen molar-refractivity contribution in [2.45, 2.75) is 32.6 Å². The van der Waals surface area contributed by atoms with Crippen LogP contribution in [0.5, 0.6) is 0 Å². The lowest BCUT2D eigenvalue weighted by molar-refractivity contribution is 0.172. The fourth-order valence-electron chi connectivity index (χ4n) is 1.76. The van der Waals surface area contributed by atoms with Crippen LogP contribution in [0.1, 0.15) is 32.6 Å². The van der Waals surface area contributed by atoms with E-state index in [4.69, 9.17) is 0 Å². The van der Waals surface area contributed by atoms with Crippen molar-refractivity contribution in [3.63, 3.8) is 0 Å². The van der Waals surface area contributed by atoms with Gasteiger partial charge in [0.05, 0.1) is 5.29 Å². The first-order valence-electron chi connectivity index (χ1n) is 4.45. The lowest BCUT2D eigenvalue weighted by Gasteiger charge is -2.27. The Morgan fingerprint density at radius 1 is 1.64 bits per heavy atom. The molecule has 0 aliphatic carbocycles. The number of hydrogen-bond acceptors (Lipinski definition) is 2. The fourth-order valence-corrected chi connectivity index (χ4v) is 1.76.